The minimum Gasteiger partial charge on any atom is -0.278 e. The van der Waals surface area contributed by atoms with Crippen LogP contribution in [0.2, 0.25) is 0 Å². The van der Waals surface area contributed by atoms with E-state index in [2.05, 4.69) is 15.0 Å². The lowest BCUT2D eigenvalue weighted by Crippen LogP contribution is -2.05. The van der Waals surface area contributed by atoms with Gasteiger partial charge in [-0.3, -0.25) is 5.10 Å². The fourth-order valence-corrected chi connectivity index (χ4v) is 1.40. The van der Waals surface area contributed by atoms with Gasteiger partial charge in [0.25, 0.3) is 0 Å². The highest BCUT2D eigenvalue weighted by Crippen LogP contribution is 2.40. The molecule has 0 bridgehead atoms. The topological polar surface area (TPSA) is 33.0 Å². The van der Waals surface area contributed by atoms with E-state index in [1.165, 1.54) is 6.07 Å². The largest absolute Gasteiger partial charge is 0.408 e. The van der Waals surface area contributed by atoms with Crippen molar-refractivity contribution in [3.8, 4) is 0 Å². The van der Waals surface area contributed by atoms with Gasteiger partial charge >= 0.3 is 6.18 Å². The van der Waals surface area contributed by atoms with E-state index in [4.69, 9.17) is 6.57 Å². The second-order valence-electron chi connectivity index (χ2n) is 2.90. The Hall–Kier alpha value is -2.03. The fraction of sp³-hybridized carbons (Fsp3) is 0.111. The monoisotopic (exact) mass is 211 g/mol. The third kappa shape index (κ3) is 1.42. The summed E-state index contributed by atoms with van der Waals surface area (Å²) in [5, 5.41) is 5.88. The van der Waals surface area contributed by atoms with Crippen molar-refractivity contribution in [1.82, 2.24) is 10.2 Å². The highest BCUT2D eigenvalue weighted by molar-refractivity contribution is 5.87. The van der Waals surface area contributed by atoms with Crippen LogP contribution >= 0.6 is 0 Å². The molecule has 0 saturated heterocycles. The average Bonchev–Trinajstić information content (AvgIpc) is 2.61. The standard InChI is InChI=1S/C9H4F3N3/c1-13-7-3-2-6-5(4-14-15-6)8(7)9(10,11)12/h2-4H,(H,14,15). The fourth-order valence-electron chi connectivity index (χ4n) is 1.40. The van der Waals surface area contributed by atoms with Gasteiger partial charge in [-0.1, -0.05) is 6.07 Å². The first-order valence-corrected chi connectivity index (χ1v) is 3.95. The van der Waals surface area contributed by atoms with Crippen molar-refractivity contribution in [3.63, 3.8) is 0 Å². The number of fused-ring (bicyclic) bond motifs is 1. The van der Waals surface area contributed by atoms with Gasteiger partial charge in [0.1, 0.15) is 0 Å². The molecule has 0 radical (unpaired) electrons. The number of aromatic amines is 1. The lowest BCUT2D eigenvalue weighted by molar-refractivity contribution is -0.135. The van der Waals surface area contributed by atoms with Gasteiger partial charge in [-0.05, 0) is 6.07 Å². The molecule has 6 heteroatoms. The Morgan fingerprint density at radius 2 is 2.07 bits per heavy atom. The van der Waals surface area contributed by atoms with Crippen LogP contribution in [0.5, 0.6) is 0 Å². The van der Waals surface area contributed by atoms with Crippen LogP contribution in [0.3, 0.4) is 0 Å². The zero-order valence-electron chi connectivity index (χ0n) is 7.26. The number of nitrogens with zero attached hydrogens (tertiary/aromatic N) is 2. The summed E-state index contributed by atoms with van der Waals surface area (Å²) in [6, 6.07) is 2.54. The molecule has 0 atom stereocenters. The third-order valence-corrected chi connectivity index (χ3v) is 2.01. The Labute approximate surface area is 82.3 Å². The highest BCUT2D eigenvalue weighted by Gasteiger charge is 2.35. The summed E-state index contributed by atoms with van der Waals surface area (Å²) in [4.78, 5) is 2.86. The van der Waals surface area contributed by atoms with E-state index < -0.39 is 17.4 Å². The summed E-state index contributed by atoms with van der Waals surface area (Å²) in [6.45, 7) is 6.69. The molecule has 1 heterocycles. The van der Waals surface area contributed by atoms with Crippen molar-refractivity contribution in [1.29, 1.82) is 0 Å². The number of alkyl halides is 3. The lowest BCUT2D eigenvalue weighted by Gasteiger charge is -2.09. The summed E-state index contributed by atoms with van der Waals surface area (Å²) in [7, 11) is 0. The average molecular weight is 211 g/mol. The van der Waals surface area contributed by atoms with E-state index in [0.29, 0.717) is 0 Å². The number of rotatable bonds is 0. The van der Waals surface area contributed by atoms with Crippen molar-refractivity contribution in [3.05, 3.63) is 35.3 Å². The number of halogens is 3. The number of H-pyrrole nitrogens is 1. The maximum Gasteiger partial charge on any atom is 0.408 e. The van der Waals surface area contributed by atoms with Crippen molar-refractivity contribution < 1.29 is 13.2 Å². The van der Waals surface area contributed by atoms with E-state index in [1.807, 2.05) is 0 Å². The first kappa shape index (κ1) is 9.52. The van der Waals surface area contributed by atoms with Crippen molar-refractivity contribution in [2.45, 2.75) is 6.18 Å². The van der Waals surface area contributed by atoms with Gasteiger partial charge in [0.05, 0.1) is 23.8 Å². The van der Waals surface area contributed by atoms with Crippen LogP contribution in [-0.2, 0) is 6.18 Å². The summed E-state index contributed by atoms with van der Waals surface area (Å²) in [6.07, 6.45) is -3.46. The molecule has 2 aromatic rings. The quantitative estimate of drug-likeness (QED) is 0.667. The molecule has 0 fully saturated rings. The summed E-state index contributed by atoms with van der Waals surface area (Å²) in [5.41, 5.74) is -1.06. The summed E-state index contributed by atoms with van der Waals surface area (Å²) >= 11 is 0. The molecule has 1 N–H and O–H groups in total. The molecule has 2 rings (SSSR count). The number of nitrogens with one attached hydrogen (secondary N) is 1. The van der Waals surface area contributed by atoms with Gasteiger partial charge < -0.3 is 0 Å². The summed E-state index contributed by atoms with van der Waals surface area (Å²) < 4.78 is 38.0. The molecule has 0 amide bonds. The van der Waals surface area contributed by atoms with Crippen LogP contribution in [0, 0.1) is 6.57 Å². The Morgan fingerprint density at radius 1 is 1.33 bits per heavy atom. The third-order valence-electron chi connectivity index (χ3n) is 2.01. The molecule has 15 heavy (non-hydrogen) atoms. The highest BCUT2D eigenvalue weighted by atomic mass is 19.4. The van der Waals surface area contributed by atoms with Crippen molar-refractivity contribution in [2.24, 2.45) is 0 Å². The second kappa shape index (κ2) is 2.98. The minimum atomic E-state index is -4.54. The first-order chi connectivity index (χ1) is 7.04. The number of hydrogen-bond acceptors (Lipinski definition) is 1. The lowest BCUT2D eigenvalue weighted by atomic mass is 10.1. The molecule has 3 nitrogen and oxygen atoms in total. The minimum absolute atomic E-state index is 0.0731. The van der Waals surface area contributed by atoms with E-state index >= 15 is 0 Å². The predicted octanol–water partition coefficient (Wildman–Crippen LogP) is 3.13. The van der Waals surface area contributed by atoms with Gasteiger partial charge in [0, 0.05) is 5.39 Å². The Morgan fingerprint density at radius 3 is 2.67 bits per heavy atom. The predicted molar refractivity (Wildman–Crippen MR) is 47.4 cm³/mol. The molecule has 0 aliphatic heterocycles. The molecule has 0 aliphatic carbocycles. The Balaban J connectivity index is 2.88. The van der Waals surface area contributed by atoms with Crippen LogP contribution in [0.4, 0.5) is 18.9 Å². The van der Waals surface area contributed by atoms with Gasteiger partial charge in [0.15, 0.2) is 5.69 Å². The van der Waals surface area contributed by atoms with E-state index in [9.17, 15) is 13.2 Å². The maximum absolute atomic E-state index is 12.7. The second-order valence-corrected chi connectivity index (χ2v) is 2.90. The molecular formula is C9H4F3N3. The molecule has 76 valence electrons. The van der Waals surface area contributed by atoms with E-state index in [1.54, 1.807) is 0 Å². The van der Waals surface area contributed by atoms with Gasteiger partial charge in [-0.25, -0.2) is 4.85 Å². The van der Waals surface area contributed by atoms with E-state index in [-0.39, 0.29) is 10.9 Å². The number of hydrogen-bond donors (Lipinski definition) is 1. The van der Waals surface area contributed by atoms with Crippen molar-refractivity contribution >= 4 is 16.6 Å². The van der Waals surface area contributed by atoms with Crippen LogP contribution in [0.25, 0.3) is 15.7 Å². The molecule has 0 spiro atoms. The number of benzene rings is 1. The zero-order valence-corrected chi connectivity index (χ0v) is 7.26. The van der Waals surface area contributed by atoms with Crippen LogP contribution in [0.1, 0.15) is 5.56 Å². The Bertz CT molecular complexity index is 548. The number of aromatic nitrogens is 2. The molecule has 1 aromatic carbocycles. The molecular weight excluding hydrogens is 207 g/mol. The van der Waals surface area contributed by atoms with Gasteiger partial charge in [0.2, 0.25) is 0 Å². The molecule has 0 saturated carbocycles. The zero-order chi connectivity index (χ0) is 11.1. The normalized spacial score (nSPS) is 11.6. The van der Waals surface area contributed by atoms with E-state index in [0.717, 1.165) is 12.3 Å². The molecule has 1 aromatic heterocycles. The SMILES string of the molecule is [C-]#[N+]c1ccc2[nH]ncc2c1C(F)(F)F. The molecule has 0 unspecified atom stereocenters. The van der Waals surface area contributed by atoms with Gasteiger partial charge in [-0.15, -0.1) is 0 Å². The Kier molecular flexibility index (Phi) is 1.89. The smallest absolute Gasteiger partial charge is 0.278 e. The van der Waals surface area contributed by atoms with Gasteiger partial charge in [-0.2, -0.15) is 18.3 Å². The maximum atomic E-state index is 12.7. The van der Waals surface area contributed by atoms with Crippen LogP contribution in [0.15, 0.2) is 18.3 Å². The first-order valence-electron chi connectivity index (χ1n) is 3.95. The van der Waals surface area contributed by atoms with Crippen LogP contribution < -0.4 is 0 Å². The van der Waals surface area contributed by atoms with Crippen LogP contribution in [-0.4, -0.2) is 10.2 Å². The molecule has 0 aliphatic rings. The van der Waals surface area contributed by atoms with Crippen molar-refractivity contribution in [2.75, 3.05) is 0 Å². The summed E-state index contributed by atoms with van der Waals surface area (Å²) in [5.74, 6) is 0.